The molecule has 2 amide bonds. The first-order valence-corrected chi connectivity index (χ1v) is 10.8. The highest BCUT2D eigenvalue weighted by molar-refractivity contribution is 6.36. The van der Waals surface area contributed by atoms with E-state index in [0.717, 1.165) is 12.0 Å². The summed E-state index contributed by atoms with van der Waals surface area (Å²) in [6, 6.07) is 10.3. The zero-order valence-electron chi connectivity index (χ0n) is 17.4. The molecule has 0 heterocycles. The van der Waals surface area contributed by atoms with Crippen LogP contribution in [0.5, 0.6) is 0 Å². The summed E-state index contributed by atoms with van der Waals surface area (Å²) in [6.45, 7) is 5.93. The van der Waals surface area contributed by atoms with E-state index in [1.807, 2.05) is 20.8 Å². The third kappa shape index (κ3) is 6.44. The lowest BCUT2D eigenvalue weighted by Crippen LogP contribution is -2.51. The topological polar surface area (TPSA) is 49.4 Å². The van der Waals surface area contributed by atoms with Crippen molar-refractivity contribution in [3.8, 4) is 0 Å². The van der Waals surface area contributed by atoms with Crippen LogP contribution in [0.15, 0.2) is 42.5 Å². The normalized spacial score (nSPS) is 12.9. The molecule has 0 saturated heterocycles. The number of benzene rings is 2. The van der Waals surface area contributed by atoms with Crippen molar-refractivity contribution in [1.29, 1.82) is 0 Å². The van der Waals surface area contributed by atoms with Crippen LogP contribution in [0.1, 0.15) is 44.7 Å². The van der Waals surface area contributed by atoms with Crippen molar-refractivity contribution in [2.45, 2.75) is 58.7 Å². The van der Waals surface area contributed by atoms with E-state index in [9.17, 15) is 14.0 Å². The Morgan fingerprint density at radius 1 is 1.03 bits per heavy atom. The van der Waals surface area contributed by atoms with E-state index in [1.54, 1.807) is 30.3 Å². The van der Waals surface area contributed by atoms with E-state index in [2.05, 4.69) is 5.32 Å². The molecule has 0 radical (unpaired) electrons. The third-order valence-electron chi connectivity index (χ3n) is 5.04. The van der Waals surface area contributed by atoms with Crippen molar-refractivity contribution in [2.24, 2.45) is 0 Å². The van der Waals surface area contributed by atoms with Gasteiger partial charge in [0.05, 0.1) is 6.42 Å². The summed E-state index contributed by atoms with van der Waals surface area (Å²) in [5.41, 5.74) is 1.25. The van der Waals surface area contributed by atoms with Crippen molar-refractivity contribution in [3.05, 3.63) is 69.5 Å². The van der Waals surface area contributed by atoms with Gasteiger partial charge in [-0.15, -0.1) is 0 Å². The third-order valence-corrected chi connectivity index (χ3v) is 5.75. The first-order chi connectivity index (χ1) is 14.3. The lowest BCUT2D eigenvalue weighted by Gasteiger charge is -2.31. The molecule has 2 rings (SSSR count). The van der Waals surface area contributed by atoms with Crippen LogP contribution in [0, 0.1) is 5.82 Å². The number of nitrogens with one attached hydrogen (secondary N) is 1. The number of rotatable bonds is 9. The van der Waals surface area contributed by atoms with E-state index in [-0.39, 0.29) is 36.6 Å². The van der Waals surface area contributed by atoms with E-state index >= 15 is 0 Å². The molecular formula is C23H27Cl2FN2O2. The van der Waals surface area contributed by atoms with Crippen molar-refractivity contribution >= 4 is 35.0 Å². The molecule has 2 aromatic carbocycles. The number of halogens is 3. The Kier molecular flexibility index (Phi) is 9.12. The van der Waals surface area contributed by atoms with Gasteiger partial charge in [-0.3, -0.25) is 9.59 Å². The quantitative estimate of drug-likeness (QED) is 0.553. The molecule has 0 unspecified atom stereocenters. The lowest BCUT2D eigenvalue weighted by atomic mass is 10.1. The highest BCUT2D eigenvalue weighted by Gasteiger charge is 2.30. The fourth-order valence-corrected chi connectivity index (χ4v) is 3.63. The van der Waals surface area contributed by atoms with Gasteiger partial charge < -0.3 is 10.2 Å². The molecule has 0 spiro atoms. The van der Waals surface area contributed by atoms with Crippen LogP contribution in [-0.2, 0) is 22.6 Å². The summed E-state index contributed by atoms with van der Waals surface area (Å²) in [5, 5.41) is 3.75. The van der Waals surface area contributed by atoms with E-state index in [4.69, 9.17) is 23.2 Å². The second-order valence-electron chi connectivity index (χ2n) is 7.27. The predicted molar refractivity (Wildman–Crippen MR) is 119 cm³/mol. The molecule has 4 nitrogen and oxygen atoms in total. The molecule has 1 N–H and O–H groups in total. The van der Waals surface area contributed by atoms with Crippen LogP contribution in [-0.4, -0.2) is 28.8 Å². The number of hydrogen-bond acceptors (Lipinski definition) is 2. The number of amides is 2. The van der Waals surface area contributed by atoms with Gasteiger partial charge in [-0.1, -0.05) is 55.2 Å². The summed E-state index contributed by atoms with van der Waals surface area (Å²) >= 11 is 12.5. The second kappa shape index (κ2) is 11.3. The summed E-state index contributed by atoms with van der Waals surface area (Å²) in [7, 11) is 0. The monoisotopic (exact) mass is 452 g/mol. The average Bonchev–Trinajstić information content (AvgIpc) is 2.71. The molecule has 0 aliphatic rings. The second-order valence-corrected chi connectivity index (χ2v) is 8.08. The summed E-state index contributed by atoms with van der Waals surface area (Å²) in [4.78, 5) is 27.7. The minimum atomic E-state index is -0.669. The van der Waals surface area contributed by atoms with Crippen LogP contribution in [0.3, 0.4) is 0 Å². The van der Waals surface area contributed by atoms with Crippen LogP contribution in [0.25, 0.3) is 0 Å². The van der Waals surface area contributed by atoms with Crippen molar-refractivity contribution in [3.63, 3.8) is 0 Å². The molecule has 7 heteroatoms. The van der Waals surface area contributed by atoms with Gasteiger partial charge in [-0.25, -0.2) is 4.39 Å². The Morgan fingerprint density at radius 2 is 1.63 bits per heavy atom. The van der Waals surface area contributed by atoms with Crippen molar-refractivity contribution in [2.75, 3.05) is 0 Å². The molecule has 30 heavy (non-hydrogen) atoms. The molecule has 2 aromatic rings. The molecule has 0 fully saturated rings. The van der Waals surface area contributed by atoms with E-state index in [0.29, 0.717) is 22.0 Å². The number of hydrogen-bond donors (Lipinski definition) is 1. The summed E-state index contributed by atoms with van der Waals surface area (Å²) in [5.74, 6) is -0.853. The SMILES string of the molecule is CC[C@H](C(=O)N[C@@H](C)CC)N(Cc1ccc(F)cc1)C(=O)Cc1c(Cl)cccc1Cl. The minimum absolute atomic E-state index is 0.00710. The molecule has 0 aromatic heterocycles. The van der Waals surface area contributed by atoms with Crippen LogP contribution >= 0.6 is 23.2 Å². The molecule has 162 valence electrons. The molecule has 0 bridgehead atoms. The van der Waals surface area contributed by atoms with E-state index in [1.165, 1.54) is 17.0 Å². The van der Waals surface area contributed by atoms with Gasteiger partial charge >= 0.3 is 0 Å². The predicted octanol–water partition coefficient (Wildman–Crippen LogP) is 5.40. The Bertz CT molecular complexity index is 854. The number of carbonyl (C=O) groups is 2. The van der Waals surface area contributed by atoms with Gasteiger partial charge in [0.15, 0.2) is 0 Å². The first-order valence-electron chi connectivity index (χ1n) is 10.0. The first kappa shape index (κ1) is 24.2. The number of carbonyl (C=O) groups excluding carboxylic acids is 2. The lowest BCUT2D eigenvalue weighted by molar-refractivity contribution is -0.141. The van der Waals surface area contributed by atoms with Gasteiger partial charge in [-0.05, 0) is 55.2 Å². The van der Waals surface area contributed by atoms with Crippen molar-refractivity contribution < 1.29 is 14.0 Å². The fraction of sp³-hybridized carbons (Fsp3) is 0.391. The Balaban J connectivity index is 2.34. The van der Waals surface area contributed by atoms with Gasteiger partial charge in [-0.2, -0.15) is 0 Å². The van der Waals surface area contributed by atoms with Crippen LogP contribution in [0.4, 0.5) is 4.39 Å². The highest BCUT2D eigenvalue weighted by atomic mass is 35.5. The van der Waals surface area contributed by atoms with Crippen LogP contribution in [0.2, 0.25) is 10.0 Å². The maximum atomic E-state index is 13.3. The Morgan fingerprint density at radius 3 is 2.17 bits per heavy atom. The van der Waals surface area contributed by atoms with Gasteiger partial charge in [0.1, 0.15) is 11.9 Å². The van der Waals surface area contributed by atoms with E-state index < -0.39 is 6.04 Å². The average molecular weight is 453 g/mol. The molecular weight excluding hydrogens is 426 g/mol. The minimum Gasteiger partial charge on any atom is -0.352 e. The molecule has 0 saturated carbocycles. The van der Waals surface area contributed by atoms with Crippen LogP contribution < -0.4 is 5.32 Å². The zero-order valence-corrected chi connectivity index (χ0v) is 18.9. The molecule has 0 aliphatic heterocycles. The zero-order chi connectivity index (χ0) is 22.3. The molecule has 0 aliphatic carbocycles. The highest BCUT2D eigenvalue weighted by Crippen LogP contribution is 2.26. The summed E-state index contributed by atoms with van der Waals surface area (Å²) < 4.78 is 13.3. The van der Waals surface area contributed by atoms with Gasteiger partial charge in [0.25, 0.3) is 0 Å². The fourth-order valence-electron chi connectivity index (χ4n) is 3.10. The smallest absolute Gasteiger partial charge is 0.243 e. The van der Waals surface area contributed by atoms with Gasteiger partial charge in [0, 0.05) is 22.6 Å². The Labute approximate surface area is 187 Å². The standard InChI is InChI=1S/C23H27Cl2FN2O2/c1-4-15(3)27-23(30)21(5-2)28(14-16-9-11-17(26)12-10-16)22(29)13-18-19(24)7-6-8-20(18)25/h6-12,15,21H,4-5,13-14H2,1-3H3,(H,27,30)/t15-,21+/m0/s1. The molecule has 2 atom stereocenters. The maximum absolute atomic E-state index is 13.3. The Hall–Kier alpha value is -2.11. The number of nitrogens with zero attached hydrogens (tertiary/aromatic N) is 1. The van der Waals surface area contributed by atoms with Crippen molar-refractivity contribution in [1.82, 2.24) is 10.2 Å². The van der Waals surface area contributed by atoms with Gasteiger partial charge in [0.2, 0.25) is 11.8 Å². The maximum Gasteiger partial charge on any atom is 0.243 e. The summed E-state index contributed by atoms with van der Waals surface area (Å²) in [6.07, 6.45) is 1.18. The largest absolute Gasteiger partial charge is 0.352 e.